The second kappa shape index (κ2) is 8.79. The molecule has 0 fully saturated rings. The fraction of sp³-hybridized carbons (Fsp3) is 0.190. The van der Waals surface area contributed by atoms with Crippen molar-refractivity contribution in [3.63, 3.8) is 0 Å². The smallest absolute Gasteiger partial charge is 0.267 e. The van der Waals surface area contributed by atoms with Crippen LogP contribution in [0.3, 0.4) is 0 Å². The SMILES string of the molecule is COc1ccc(-c2ccc(=O)n(CC(=O)Nc3cc(Cl)ccc3C)n2)cc1OC. The van der Waals surface area contributed by atoms with E-state index in [4.69, 9.17) is 21.1 Å². The standard InChI is InChI=1S/C21H20ClN3O4/c1-13-4-6-15(22)11-17(13)23-20(26)12-25-21(27)9-7-16(24-25)14-5-8-18(28-2)19(10-14)29-3/h4-11H,12H2,1-3H3,(H,23,26). The van der Waals surface area contributed by atoms with Crippen molar-refractivity contribution in [3.8, 4) is 22.8 Å². The van der Waals surface area contributed by atoms with Crippen LogP contribution in [-0.4, -0.2) is 29.9 Å². The zero-order valence-electron chi connectivity index (χ0n) is 16.2. The molecule has 0 radical (unpaired) electrons. The molecule has 0 bridgehead atoms. The van der Waals surface area contributed by atoms with Crippen molar-refractivity contribution in [1.82, 2.24) is 9.78 Å². The van der Waals surface area contributed by atoms with Crippen molar-refractivity contribution in [2.75, 3.05) is 19.5 Å². The molecule has 0 saturated carbocycles. The van der Waals surface area contributed by atoms with Gasteiger partial charge >= 0.3 is 0 Å². The molecule has 1 aromatic heterocycles. The maximum atomic E-state index is 12.4. The van der Waals surface area contributed by atoms with Crippen LogP contribution in [0, 0.1) is 6.92 Å². The van der Waals surface area contributed by atoms with Gasteiger partial charge in [-0.2, -0.15) is 5.10 Å². The van der Waals surface area contributed by atoms with E-state index in [9.17, 15) is 9.59 Å². The largest absolute Gasteiger partial charge is 0.493 e. The molecular formula is C21H20ClN3O4. The third-order valence-electron chi connectivity index (χ3n) is 4.31. The van der Waals surface area contributed by atoms with Gasteiger partial charge in [0.2, 0.25) is 5.91 Å². The maximum absolute atomic E-state index is 12.4. The first-order valence-electron chi connectivity index (χ1n) is 8.78. The highest BCUT2D eigenvalue weighted by Gasteiger charge is 2.12. The Balaban J connectivity index is 1.85. The minimum absolute atomic E-state index is 0.230. The second-order valence-electron chi connectivity index (χ2n) is 6.29. The summed E-state index contributed by atoms with van der Waals surface area (Å²) in [6.07, 6.45) is 0. The number of hydrogen-bond donors (Lipinski definition) is 1. The van der Waals surface area contributed by atoms with Gasteiger partial charge in [-0.25, -0.2) is 4.68 Å². The molecule has 7 nitrogen and oxygen atoms in total. The molecule has 0 atom stereocenters. The maximum Gasteiger partial charge on any atom is 0.267 e. The van der Waals surface area contributed by atoms with E-state index in [1.54, 1.807) is 49.6 Å². The summed E-state index contributed by atoms with van der Waals surface area (Å²) in [5, 5.41) is 7.59. The predicted octanol–water partition coefficient (Wildman–Crippen LogP) is 3.53. The number of aryl methyl sites for hydroxylation is 1. The molecule has 0 aliphatic carbocycles. The topological polar surface area (TPSA) is 82.5 Å². The van der Waals surface area contributed by atoms with Crippen LogP contribution in [0.2, 0.25) is 5.02 Å². The van der Waals surface area contributed by atoms with Crippen molar-refractivity contribution in [2.24, 2.45) is 0 Å². The molecule has 0 aliphatic heterocycles. The van der Waals surface area contributed by atoms with Gasteiger partial charge in [0, 0.05) is 22.3 Å². The quantitative estimate of drug-likeness (QED) is 0.668. The van der Waals surface area contributed by atoms with Crippen molar-refractivity contribution in [2.45, 2.75) is 13.5 Å². The number of carbonyl (C=O) groups excluding carboxylic acids is 1. The van der Waals surface area contributed by atoms with E-state index in [1.807, 2.05) is 6.92 Å². The van der Waals surface area contributed by atoms with Crippen LogP contribution < -0.4 is 20.3 Å². The molecule has 29 heavy (non-hydrogen) atoms. The molecule has 0 unspecified atom stereocenters. The summed E-state index contributed by atoms with van der Waals surface area (Å²) in [6, 6.07) is 13.5. The average molecular weight is 414 g/mol. The molecule has 3 aromatic rings. The average Bonchev–Trinajstić information content (AvgIpc) is 2.71. The van der Waals surface area contributed by atoms with Gasteiger partial charge in [-0.15, -0.1) is 0 Å². The zero-order valence-corrected chi connectivity index (χ0v) is 17.0. The minimum atomic E-state index is -0.382. The fourth-order valence-electron chi connectivity index (χ4n) is 2.77. The highest BCUT2D eigenvalue weighted by atomic mass is 35.5. The van der Waals surface area contributed by atoms with Gasteiger partial charge in [-0.1, -0.05) is 17.7 Å². The van der Waals surface area contributed by atoms with Crippen LogP contribution in [0.5, 0.6) is 11.5 Å². The monoisotopic (exact) mass is 413 g/mol. The van der Waals surface area contributed by atoms with Crippen LogP contribution in [-0.2, 0) is 11.3 Å². The van der Waals surface area contributed by atoms with Crippen LogP contribution >= 0.6 is 11.6 Å². The lowest BCUT2D eigenvalue weighted by molar-refractivity contribution is -0.117. The van der Waals surface area contributed by atoms with Gasteiger partial charge in [0.15, 0.2) is 11.5 Å². The number of halogens is 1. The Hall–Kier alpha value is -3.32. The first kappa shape index (κ1) is 20.4. The number of carbonyl (C=O) groups is 1. The molecule has 1 heterocycles. The Morgan fingerprint density at radius 2 is 1.83 bits per heavy atom. The lowest BCUT2D eigenvalue weighted by Gasteiger charge is -2.12. The summed E-state index contributed by atoms with van der Waals surface area (Å²) in [6.45, 7) is 1.62. The lowest BCUT2D eigenvalue weighted by atomic mass is 10.1. The van der Waals surface area contributed by atoms with Crippen molar-refractivity contribution in [1.29, 1.82) is 0 Å². The minimum Gasteiger partial charge on any atom is -0.493 e. The number of anilines is 1. The Labute approximate surface area is 172 Å². The van der Waals surface area contributed by atoms with E-state index in [0.29, 0.717) is 27.9 Å². The molecule has 0 saturated heterocycles. The first-order valence-corrected chi connectivity index (χ1v) is 9.15. The van der Waals surface area contributed by atoms with Gasteiger partial charge in [0.05, 0.1) is 19.9 Å². The summed E-state index contributed by atoms with van der Waals surface area (Å²) < 4.78 is 11.7. The van der Waals surface area contributed by atoms with Crippen LogP contribution in [0.1, 0.15) is 5.56 Å². The van der Waals surface area contributed by atoms with E-state index in [1.165, 1.54) is 13.2 Å². The highest BCUT2D eigenvalue weighted by Crippen LogP contribution is 2.31. The van der Waals surface area contributed by atoms with E-state index in [-0.39, 0.29) is 18.0 Å². The lowest BCUT2D eigenvalue weighted by Crippen LogP contribution is -2.29. The number of nitrogens with zero attached hydrogens (tertiary/aromatic N) is 2. The van der Waals surface area contributed by atoms with E-state index < -0.39 is 0 Å². The molecule has 2 aromatic carbocycles. The number of nitrogens with one attached hydrogen (secondary N) is 1. The van der Waals surface area contributed by atoms with Gasteiger partial charge in [0.1, 0.15) is 6.54 Å². The van der Waals surface area contributed by atoms with Crippen LogP contribution in [0.4, 0.5) is 5.69 Å². The van der Waals surface area contributed by atoms with Crippen LogP contribution in [0.15, 0.2) is 53.3 Å². The predicted molar refractivity (Wildman–Crippen MR) is 112 cm³/mol. The first-order chi connectivity index (χ1) is 13.9. The normalized spacial score (nSPS) is 10.5. The third-order valence-corrected chi connectivity index (χ3v) is 4.55. The summed E-state index contributed by atoms with van der Waals surface area (Å²) in [5.74, 6) is 0.744. The molecule has 150 valence electrons. The Morgan fingerprint density at radius 1 is 1.07 bits per heavy atom. The number of rotatable bonds is 6. The molecule has 3 rings (SSSR count). The summed E-state index contributed by atoms with van der Waals surface area (Å²) in [7, 11) is 3.09. The van der Waals surface area contributed by atoms with Gasteiger partial charge < -0.3 is 14.8 Å². The number of amides is 1. The van der Waals surface area contributed by atoms with Gasteiger partial charge in [0.25, 0.3) is 5.56 Å². The number of aromatic nitrogens is 2. The summed E-state index contributed by atoms with van der Waals surface area (Å²) in [4.78, 5) is 24.6. The number of hydrogen-bond acceptors (Lipinski definition) is 5. The second-order valence-corrected chi connectivity index (χ2v) is 6.73. The van der Waals surface area contributed by atoms with Crippen molar-refractivity contribution < 1.29 is 14.3 Å². The van der Waals surface area contributed by atoms with Crippen molar-refractivity contribution >= 4 is 23.2 Å². The Morgan fingerprint density at radius 3 is 2.55 bits per heavy atom. The number of benzene rings is 2. The molecular weight excluding hydrogens is 394 g/mol. The number of ether oxygens (including phenoxy) is 2. The van der Waals surface area contributed by atoms with E-state index in [2.05, 4.69) is 10.4 Å². The Bertz CT molecular complexity index is 1110. The fourth-order valence-corrected chi connectivity index (χ4v) is 2.94. The molecule has 1 N–H and O–H groups in total. The number of methoxy groups -OCH3 is 2. The van der Waals surface area contributed by atoms with Crippen molar-refractivity contribution in [3.05, 3.63) is 69.5 Å². The van der Waals surface area contributed by atoms with Gasteiger partial charge in [-0.05, 0) is 48.9 Å². The van der Waals surface area contributed by atoms with E-state index >= 15 is 0 Å². The summed E-state index contributed by atoms with van der Waals surface area (Å²) >= 11 is 5.98. The van der Waals surface area contributed by atoms with Gasteiger partial charge in [-0.3, -0.25) is 9.59 Å². The van der Waals surface area contributed by atoms with E-state index in [0.717, 1.165) is 15.8 Å². The summed E-state index contributed by atoms with van der Waals surface area (Å²) in [5.41, 5.74) is 2.32. The molecule has 0 spiro atoms. The third kappa shape index (κ3) is 4.75. The zero-order chi connectivity index (χ0) is 21.0. The van der Waals surface area contributed by atoms with Crippen LogP contribution in [0.25, 0.3) is 11.3 Å². The molecule has 0 aliphatic rings. The Kier molecular flexibility index (Phi) is 6.19. The molecule has 1 amide bonds. The molecule has 8 heteroatoms. The highest BCUT2D eigenvalue weighted by molar-refractivity contribution is 6.31.